The molecule has 0 aliphatic carbocycles. The van der Waals surface area contributed by atoms with Crippen LogP contribution < -0.4 is 4.73 Å². The van der Waals surface area contributed by atoms with Crippen LogP contribution in [0.4, 0.5) is 0 Å². The maximum Gasteiger partial charge on any atom is 0.339 e. The van der Waals surface area contributed by atoms with Crippen LogP contribution in [0.2, 0.25) is 5.02 Å². The summed E-state index contributed by atoms with van der Waals surface area (Å²) in [5.74, 6) is -0.654. The Labute approximate surface area is 131 Å². The molecule has 2 aromatic rings. The number of hydrogen-bond acceptors (Lipinski definition) is 5. The molecule has 0 bridgehead atoms. The van der Waals surface area contributed by atoms with Gasteiger partial charge in [-0.2, -0.15) is 0 Å². The van der Waals surface area contributed by atoms with E-state index in [1.165, 1.54) is 18.5 Å². The topological polar surface area (TPSA) is 83.2 Å². The van der Waals surface area contributed by atoms with Crippen molar-refractivity contribution in [3.05, 3.63) is 64.3 Å². The minimum Gasteiger partial charge on any atom is -0.711 e. The molecule has 114 valence electrons. The molecule has 0 saturated heterocycles. The Morgan fingerprint density at radius 1 is 1.23 bits per heavy atom. The maximum atomic E-state index is 11.9. The number of benzene rings is 1. The summed E-state index contributed by atoms with van der Waals surface area (Å²) >= 11 is 5.74. The number of esters is 1. The van der Waals surface area contributed by atoms with Crippen LogP contribution in [0.5, 0.6) is 0 Å². The van der Waals surface area contributed by atoms with Crippen LogP contribution in [-0.2, 0) is 16.1 Å². The molecule has 2 rings (SSSR count). The SMILES string of the molecule is O=C(CCC(=O)c1ccc(Cl)cc1)OCc1nccc[n+]1[O-]. The van der Waals surface area contributed by atoms with Gasteiger partial charge in [-0.05, 0) is 29.2 Å². The second-order valence-electron chi connectivity index (χ2n) is 4.45. The molecule has 22 heavy (non-hydrogen) atoms. The van der Waals surface area contributed by atoms with Crippen LogP contribution in [0, 0.1) is 5.21 Å². The number of ketones is 1. The lowest BCUT2D eigenvalue weighted by atomic mass is 10.1. The van der Waals surface area contributed by atoms with E-state index in [1.807, 2.05) is 0 Å². The van der Waals surface area contributed by atoms with E-state index in [-0.39, 0.29) is 31.1 Å². The zero-order chi connectivity index (χ0) is 15.9. The van der Waals surface area contributed by atoms with E-state index in [4.69, 9.17) is 16.3 Å². The summed E-state index contributed by atoms with van der Waals surface area (Å²) in [5, 5.41) is 11.8. The number of halogens is 1. The summed E-state index contributed by atoms with van der Waals surface area (Å²) in [6.07, 6.45) is 2.66. The molecule has 1 heterocycles. The Hall–Kier alpha value is -2.47. The van der Waals surface area contributed by atoms with Gasteiger partial charge >= 0.3 is 11.8 Å². The van der Waals surface area contributed by atoms with Gasteiger partial charge in [0, 0.05) is 23.1 Å². The van der Waals surface area contributed by atoms with Crippen molar-refractivity contribution in [3.63, 3.8) is 0 Å². The van der Waals surface area contributed by atoms with Crippen molar-refractivity contribution >= 4 is 23.4 Å². The van der Waals surface area contributed by atoms with Crippen molar-refractivity contribution < 1.29 is 19.1 Å². The van der Waals surface area contributed by atoms with Crippen molar-refractivity contribution in [2.24, 2.45) is 0 Å². The smallest absolute Gasteiger partial charge is 0.339 e. The lowest BCUT2D eigenvalue weighted by Crippen LogP contribution is -2.33. The molecule has 0 saturated carbocycles. The summed E-state index contributed by atoms with van der Waals surface area (Å²) < 4.78 is 5.44. The molecule has 0 amide bonds. The fourth-order valence-electron chi connectivity index (χ4n) is 1.70. The predicted molar refractivity (Wildman–Crippen MR) is 78.0 cm³/mol. The molecule has 0 radical (unpaired) electrons. The molecule has 1 aromatic heterocycles. The van der Waals surface area contributed by atoms with E-state index in [1.54, 1.807) is 24.3 Å². The first-order chi connectivity index (χ1) is 10.6. The fourth-order valence-corrected chi connectivity index (χ4v) is 1.83. The van der Waals surface area contributed by atoms with Crippen molar-refractivity contribution in [3.8, 4) is 0 Å². The van der Waals surface area contributed by atoms with Gasteiger partial charge in [-0.15, -0.1) is 0 Å². The second-order valence-corrected chi connectivity index (χ2v) is 4.89. The number of aromatic nitrogens is 2. The predicted octanol–water partition coefficient (Wildman–Crippen LogP) is 2.07. The van der Waals surface area contributed by atoms with Crippen LogP contribution in [0.15, 0.2) is 42.7 Å². The summed E-state index contributed by atoms with van der Waals surface area (Å²) in [5.41, 5.74) is 0.485. The molecule has 0 fully saturated rings. The van der Waals surface area contributed by atoms with Gasteiger partial charge in [0.2, 0.25) is 0 Å². The highest BCUT2D eigenvalue weighted by atomic mass is 35.5. The Kier molecular flexibility index (Phi) is 5.43. The van der Waals surface area contributed by atoms with Crippen molar-refractivity contribution in [1.29, 1.82) is 0 Å². The molecule has 0 N–H and O–H groups in total. The second kappa shape index (κ2) is 7.51. The summed E-state index contributed by atoms with van der Waals surface area (Å²) in [6, 6.07) is 7.90. The molecule has 0 unspecified atom stereocenters. The number of carbonyl (C=O) groups is 2. The average molecular weight is 321 g/mol. The highest BCUT2D eigenvalue weighted by Crippen LogP contribution is 2.12. The Bertz CT molecular complexity index is 673. The van der Waals surface area contributed by atoms with Gasteiger partial charge in [-0.1, -0.05) is 11.6 Å². The number of hydrogen-bond donors (Lipinski definition) is 0. The van der Waals surface area contributed by atoms with Crippen LogP contribution in [0.1, 0.15) is 29.0 Å². The zero-order valence-electron chi connectivity index (χ0n) is 11.6. The molecule has 0 aliphatic heterocycles. The lowest BCUT2D eigenvalue weighted by Gasteiger charge is -2.06. The molecule has 6 nitrogen and oxygen atoms in total. The van der Waals surface area contributed by atoms with E-state index < -0.39 is 5.97 Å². The van der Waals surface area contributed by atoms with E-state index in [9.17, 15) is 14.8 Å². The number of nitrogens with zero attached hydrogens (tertiary/aromatic N) is 2. The summed E-state index contributed by atoms with van der Waals surface area (Å²) in [4.78, 5) is 27.2. The molecule has 7 heteroatoms. The summed E-state index contributed by atoms with van der Waals surface area (Å²) in [7, 11) is 0. The van der Waals surface area contributed by atoms with E-state index >= 15 is 0 Å². The van der Waals surface area contributed by atoms with Crippen LogP contribution in [-0.4, -0.2) is 16.7 Å². The van der Waals surface area contributed by atoms with Gasteiger partial charge in [-0.25, -0.2) is 4.73 Å². The lowest BCUT2D eigenvalue weighted by molar-refractivity contribution is -0.620. The zero-order valence-corrected chi connectivity index (χ0v) is 12.3. The number of ether oxygens (including phenoxy) is 1. The van der Waals surface area contributed by atoms with Crippen LogP contribution in [0.3, 0.4) is 0 Å². The van der Waals surface area contributed by atoms with Crippen molar-refractivity contribution in [2.75, 3.05) is 0 Å². The molecule has 0 spiro atoms. The van der Waals surface area contributed by atoms with Gasteiger partial charge in [0.1, 0.15) is 6.20 Å². The largest absolute Gasteiger partial charge is 0.711 e. The third-order valence-corrected chi connectivity index (χ3v) is 3.12. The van der Waals surface area contributed by atoms with Crippen LogP contribution in [0.25, 0.3) is 0 Å². The van der Waals surface area contributed by atoms with Gasteiger partial charge in [0.15, 0.2) is 12.4 Å². The van der Waals surface area contributed by atoms with E-state index in [2.05, 4.69) is 4.98 Å². The normalized spacial score (nSPS) is 10.2. The maximum absolute atomic E-state index is 11.9. The minimum absolute atomic E-state index is 0.0278. The number of Topliss-reactive ketones (excluding diaryl/α,β-unsaturated/α-hetero) is 1. The first-order valence-electron chi connectivity index (χ1n) is 6.53. The number of rotatable bonds is 6. The summed E-state index contributed by atoms with van der Waals surface area (Å²) in [6.45, 7) is -0.224. The highest BCUT2D eigenvalue weighted by molar-refractivity contribution is 6.30. The minimum atomic E-state index is -0.562. The fraction of sp³-hybridized carbons (Fsp3) is 0.200. The van der Waals surface area contributed by atoms with E-state index in [0.717, 1.165) is 0 Å². The standard InChI is InChI=1S/C15H13ClN2O4/c16-12-4-2-11(3-5-12)13(19)6-7-15(20)22-10-14-17-8-1-9-18(14)21/h1-5,8-9H,6-7,10H2. The Balaban J connectivity index is 1.79. The first kappa shape index (κ1) is 15.9. The molecule has 0 aliphatic rings. The Morgan fingerprint density at radius 3 is 2.64 bits per heavy atom. The van der Waals surface area contributed by atoms with Gasteiger partial charge in [0.05, 0.1) is 12.6 Å². The highest BCUT2D eigenvalue weighted by Gasteiger charge is 2.13. The van der Waals surface area contributed by atoms with Gasteiger partial charge < -0.3 is 9.94 Å². The van der Waals surface area contributed by atoms with Crippen LogP contribution >= 0.6 is 11.6 Å². The van der Waals surface area contributed by atoms with Gasteiger partial charge in [0.25, 0.3) is 0 Å². The third kappa shape index (κ3) is 4.53. The molecule has 0 atom stereocenters. The molecular weight excluding hydrogens is 308 g/mol. The quantitative estimate of drug-likeness (QED) is 0.352. The monoisotopic (exact) mass is 320 g/mol. The average Bonchev–Trinajstić information content (AvgIpc) is 2.52. The Morgan fingerprint density at radius 2 is 1.95 bits per heavy atom. The molecular formula is C15H13ClN2O4. The molecule has 1 aromatic carbocycles. The first-order valence-corrected chi connectivity index (χ1v) is 6.91. The number of carbonyl (C=O) groups excluding carboxylic acids is 2. The van der Waals surface area contributed by atoms with Crippen molar-refractivity contribution in [2.45, 2.75) is 19.4 Å². The third-order valence-electron chi connectivity index (χ3n) is 2.87. The van der Waals surface area contributed by atoms with Gasteiger partial charge in [-0.3, -0.25) is 9.59 Å². The van der Waals surface area contributed by atoms with E-state index in [0.29, 0.717) is 15.3 Å². The van der Waals surface area contributed by atoms with Crippen molar-refractivity contribution in [1.82, 2.24) is 4.98 Å².